The number of aryl methyl sites for hydroxylation is 1. The van der Waals surface area contributed by atoms with Crippen LogP contribution in [0.3, 0.4) is 0 Å². The van der Waals surface area contributed by atoms with Crippen molar-refractivity contribution in [2.75, 3.05) is 20.2 Å². The first-order valence-corrected chi connectivity index (χ1v) is 9.62. The Labute approximate surface area is 160 Å². The number of nitrogens with zero attached hydrogens (tertiary/aromatic N) is 2. The van der Waals surface area contributed by atoms with Crippen LogP contribution in [0.2, 0.25) is 0 Å². The first-order chi connectivity index (χ1) is 13.0. The lowest BCUT2D eigenvalue weighted by atomic mass is 9.88. The Bertz CT molecular complexity index is 742. The van der Waals surface area contributed by atoms with Gasteiger partial charge in [-0.05, 0) is 48.8 Å². The lowest BCUT2D eigenvalue weighted by molar-refractivity contribution is -0.129. The van der Waals surface area contributed by atoms with Crippen LogP contribution in [0.5, 0.6) is 5.75 Å². The molecule has 2 amide bonds. The standard InChI is InChI=1S/C21H27N3O3/c1-14-11-18-17(20(14)21(26)23-9-8-22)13-19(25)24(18)10-4-6-15-5-3-7-16(12-15)27-2/h3,5,7,12,14,17-18,20H,4,6,9-11,13H2,1-2H3,(H,23,26)/t14?,17?,18?,20-/m1/s1. The quantitative estimate of drug-likeness (QED) is 0.747. The number of hydrogen-bond donors (Lipinski definition) is 1. The van der Waals surface area contributed by atoms with E-state index in [0.29, 0.717) is 6.42 Å². The first kappa shape index (κ1) is 19.2. The van der Waals surface area contributed by atoms with E-state index >= 15 is 0 Å². The summed E-state index contributed by atoms with van der Waals surface area (Å²) in [6.07, 6.45) is 3.08. The number of hydrogen-bond acceptors (Lipinski definition) is 4. The maximum Gasteiger partial charge on any atom is 0.224 e. The van der Waals surface area contributed by atoms with Gasteiger partial charge in [-0.3, -0.25) is 9.59 Å². The normalized spacial score (nSPS) is 26.6. The van der Waals surface area contributed by atoms with Crippen LogP contribution in [-0.4, -0.2) is 43.0 Å². The van der Waals surface area contributed by atoms with E-state index in [1.807, 2.05) is 29.2 Å². The molecule has 1 aromatic rings. The summed E-state index contributed by atoms with van der Waals surface area (Å²) >= 11 is 0. The second-order valence-electron chi connectivity index (χ2n) is 7.59. The summed E-state index contributed by atoms with van der Waals surface area (Å²) in [6.45, 7) is 2.82. The van der Waals surface area contributed by atoms with Crippen molar-refractivity contribution in [2.24, 2.45) is 17.8 Å². The predicted molar refractivity (Wildman–Crippen MR) is 101 cm³/mol. The molecule has 1 heterocycles. The van der Waals surface area contributed by atoms with Gasteiger partial charge in [-0.25, -0.2) is 0 Å². The first-order valence-electron chi connectivity index (χ1n) is 9.62. The molecule has 1 aliphatic heterocycles. The zero-order valence-corrected chi connectivity index (χ0v) is 16.0. The van der Waals surface area contributed by atoms with E-state index in [1.165, 1.54) is 5.56 Å². The number of ether oxygens (including phenoxy) is 1. The largest absolute Gasteiger partial charge is 0.497 e. The summed E-state index contributed by atoms with van der Waals surface area (Å²) in [4.78, 5) is 27.0. The molecule has 144 valence electrons. The van der Waals surface area contributed by atoms with Gasteiger partial charge in [-0.15, -0.1) is 0 Å². The van der Waals surface area contributed by atoms with Gasteiger partial charge in [0.2, 0.25) is 11.8 Å². The maximum absolute atomic E-state index is 12.5. The third kappa shape index (κ3) is 4.08. The SMILES string of the molecule is COc1cccc(CCCN2C(=O)CC3C2CC(C)[C@H]3C(=O)NCC#N)c1. The highest BCUT2D eigenvalue weighted by molar-refractivity contribution is 5.84. The number of fused-ring (bicyclic) bond motifs is 1. The molecule has 0 spiro atoms. The summed E-state index contributed by atoms with van der Waals surface area (Å²) in [5, 5.41) is 11.4. The van der Waals surface area contributed by atoms with E-state index in [2.05, 4.69) is 18.3 Å². The predicted octanol–water partition coefficient (Wildman–Crippen LogP) is 2.14. The van der Waals surface area contributed by atoms with Crippen molar-refractivity contribution in [3.05, 3.63) is 29.8 Å². The van der Waals surface area contributed by atoms with Crippen molar-refractivity contribution in [1.29, 1.82) is 5.26 Å². The summed E-state index contributed by atoms with van der Waals surface area (Å²) in [6, 6.07) is 10.1. The van der Waals surface area contributed by atoms with Crippen LogP contribution in [0.15, 0.2) is 24.3 Å². The third-order valence-electron chi connectivity index (χ3n) is 5.96. The number of nitriles is 1. The minimum Gasteiger partial charge on any atom is -0.497 e. The maximum atomic E-state index is 12.5. The van der Waals surface area contributed by atoms with E-state index in [-0.39, 0.29) is 42.2 Å². The number of amides is 2. The molecule has 0 radical (unpaired) electrons. The van der Waals surface area contributed by atoms with Gasteiger partial charge < -0.3 is 15.0 Å². The fraction of sp³-hybridized carbons (Fsp3) is 0.571. The molecule has 2 fully saturated rings. The van der Waals surface area contributed by atoms with E-state index < -0.39 is 0 Å². The van der Waals surface area contributed by atoms with Crippen LogP contribution in [-0.2, 0) is 16.0 Å². The van der Waals surface area contributed by atoms with Crippen LogP contribution in [0.4, 0.5) is 0 Å². The van der Waals surface area contributed by atoms with Gasteiger partial charge in [-0.2, -0.15) is 5.26 Å². The molecule has 6 heteroatoms. The Balaban J connectivity index is 1.59. The van der Waals surface area contributed by atoms with Gasteiger partial charge >= 0.3 is 0 Å². The van der Waals surface area contributed by atoms with Crippen LogP contribution >= 0.6 is 0 Å². The third-order valence-corrected chi connectivity index (χ3v) is 5.96. The molecule has 0 aromatic heterocycles. The smallest absolute Gasteiger partial charge is 0.224 e. The van der Waals surface area contributed by atoms with Crippen LogP contribution < -0.4 is 10.1 Å². The summed E-state index contributed by atoms with van der Waals surface area (Å²) in [5.74, 6) is 1.05. The van der Waals surface area contributed by atoms with E-state index in [4.69, 9.17) is 10.00 Å². The molecule has 2 aliphatic rings. The molecule has 6 nitrogen and oxygen atoms in total. The molecule has 0 bridgehead atoms. The van der Waals surface area contributed by atoms with Gasteiger partial charge in [0.15, 0.2) is 0 Å². The number of carbonyl (C=O) groups is 2. The van der Waals surface area contributed by atoms with E-state index in [9.17, 15) is 9.59 Å². The van der Waals surface area contributed by atoms with Crippen LogP contribution in [0, 0.1) is 29.1 Å². The number of methoxy groups -OCH3 is 1. The van der Waals surface area contributed by atoms with Gasteiger partial charge in [0.25, 0.3) is 0 Å². The molecule has 4 atom stereocenters. The van der Waals surface area contributed by atoms with Crippen molar-refractivity contribution in [1.82, 2.24) is 10.2 Å². The zero-order chi connectivity index (χ0) is 19.4. The highest BCUT2D eigenvalue weighted by Gasteiger charge is 2.52. The van der Waals surface area contributed by atoms with Crippen molar-refractivity contribution >= 4 is 11.8 Å². The molecular weight excluding hydrogens is 342 g/mol. The molecule has 27 heavy (non-hydrogen) atoms. The molecule has 1 aromatic carbocycles. The average Bonchev–Trinajstić information content (AvgIpc) is 3.13. The van der Waals surface area contributed by atoms with Crippen LogP contribution in [0.25, 0.3) is 0 Å². The van der Waals surface area contributed by atoms with Crippen molar-refractivity contribution in [3.8, 4) is 11.8 Å². The highest BCUT2D eigenvalue weighted by atomic mass is 16.5. The molecule has 1 aliphatic carbocycles. The van der Waals surface area contributed by atoms with Gasteiger partial charge in [0.05, 0.1) is 13.2 Å². The lowest BCUT2D eigenvalue weighted by Crippen LogP contribution is -2.37. The fourth-order valence-electron chi connectivity index (χ4n) is 4.76. The van der Waals surface area contributed by atoms with Crippen molar-refractivity contribution in [3.63, 3.8) is 0 Å². The van der Waals surface area contributed by atoms with E-state index in [0.717, 1.165) is 31.6 Å². The molecule has 3 unspecified atom stereocenters. The minimum absolute atomic E-state index is 0.0254. The van der Waals surface area contributed by atoms with Gasteiger partial charge in [0, 0.05) is 24.9 Å². The van der Waals surface area contributed by atoms with Crippen molar-refractivity contribution in [2.45, 2.75) is 38.6 Å². The Morgan fingerprint density at radius 3 is 3.00 bits per heavy atom. The zero-order valence-electron chi connectivity index (χ0n) is 16.0. The van der Waals surface area contributed by atoms with Crippen LogP contribution in [0.1, 0.15) is 31.7 Å². The average molecular weight is 369 g/mol. The highest BCUT2D eigenvalue weighted by Crippen LogP contribution is 2.46. The number of benzene rings is 1. The fourth-order valence-corrected chi connectivity index (χ4v) is 4.76. The summed E-state index contributed by atoms with van der Waals surface area (Å²) < 4.78 is 5.26. The number of nitrogens with one attached hydrogen (secondary N) is 1. The second kappa shape index (κ2) is 8.43. The Kier molecular flexibility index (Phi) is 6.00. The monoisotopic (exact) mass is 369 g/mol. The molecule has 3 rings (SSSR count). The molecule has 1 saturated carbocycles. The summed E-state index contributed by atoms with van der Waals surface area (Å²) in [5.41, 5.74) is 1.20. The van der Waals surface area contributed by atoms with Gasteiger partial charge in [0.1, 0.15) is 12.3 Å². The lowest BCUT2D eigenvalue weighted by Gasteiger charge is -2.24. The number of likely N-dealkylation sites (tertiary alicyclic amines) is 1. The Morgan fingerprint density at radius 1 is 1.44 bits per heavy atom. The van der Waals surface area contributed by atoms with E-state index in [1.54, 1.807) is 7.11 Å². The number of rotatable bonds is 7. The molecule has 1 N–H and O–H groups in total. The topological polar surface area (TPSA) is 82.4 Å². The minimum atomic E-state index is -0.171. The second-order valence-corrected chi connectivity index (χ2v) is 7.59. The Hall–Kier alpha value is -2.55. The molecular formula is C21H27N3O3. The summed E-state index contributed by atoms with van der Waals surface area (Å²) in [7, 11) is 1.66. The Morgan fingerprint density at radius 2 is 2.26 bits per heavy atom. The van der Waals surface area contributed by atoms with Gasteiger partial charge in [-0.1, -0.05) is 19.1 Å². The van der Waals surface area contributed by atoms with Crippen molar-refractivity contribution < 1.29 is 14.3 Å². The number of carbonyl (C=O) groups excluding carboxylic acids is 2. The molecule has 1 saturated heterocycles.